The van der Waals surface area contributed by atoms with Crippen LogP contribution in [0.15, 0.2) is 29.3 Å². The Bertz CT molecular complexity index is 1020. The molecule has 3 aromatic rings. The molecule has 0 saturated heterocycles. The lowest BCUT2D eigenvalue weighted by atomic mass is 10.2. The number of anilines is 1. The zero-order chi connectivity index (χ0) is 18.9. The first-order valence-corrected chi connectivity index (χ1v) is 8.89. The van der Waals surface area contributed by atoms with Crippen LogP contribution in [0.3, 0.4) is 0 Å². The maximum Gasteiger partial charge on any atom is 0.319 e. The smallest absolute Gasteiger partial charge is 0.319 e. The number of ether oxygens (including phenoxy) is 3. The van der Waals surface area contributed by atoms with Crippen LogP contribution in [-0.4, -0.2) is 49.3 Å². The Balaban J connectivity index is 2.07. The number of nitrogens with zero attached hydrogens (tertiary/aromatic N) is 4. The number of benzene rings is 1. The van der Waals surface area contributed by atoms with Gasteiger partial charge in [-0.3, -0.25) is 0 Å². The number of fused-ring (bicyclic) bond motifs is 1. The number of methoxy groups -OCH3 is 3. The van der Waals surface area contributed by atoms with E-state index in [0.717, 1.165) is 5.56 Å². The summed E-state index contributed by atoms with van der Waals surface area (Å²) >= 11 is 0. The third-order valence-electron chi connectivity index (χ3n) is 3.54. The first-order valence-electron chi connectivity index (χ1n) is 7.41. The van der Waals surface area contributed by atoms with Gasteiger partial charge >= 0.3 is 6.01 Å². The molecule has 138 valence electrons. The molecule has 0 aliphatic carbocycles. The summed E-state index contributed by atoms with van der Waals surface area (Å²) < 4.78 is 44.5. The van der Waals surface area contributed by atoms with Crippen LogP contribution in [0, 0.1) is 6.92 Å². The fourth-order valence-corrected chi connectivity index (χ4v) is 3.52. The summed E-state index contributed by atoms with van der Waals surface area (Å²) in [6, 6.07) is 4.96. The van der Waals surface area contributed by atoms with Gasteiger partial charge in [0.05, 0.1) is 27.5 Å². The molecule has 3 rings (SSSR count). The molecule has 0 saturated carbocycles. The molecule has 10 nitrogen and oxygen atoms in total. The van der Waals surface area contributed by atoms with Gasteiger partial charge in [0.25, 0.3) is 16.0 Å². The number of aryl methyl sites for hydroxylation is 1. The van der Waals surface area contributed by atoms with Crippen molar-refractivity contribution in [2.24, 2.45) is 0 Å². The molecule has 0 radical (unpaired) electrons. The molecule has 1 N–H and O–H groups in total. The van der Waals surface area contributed by atoms with Crippen molar-refractivity contribution < 1.29 is 22.6 Å². The van der Waals surface area contributed by atoms with E-state index in [9.17, 15) is 8.42 Å². The lowest BCUT2D eigenvalue weighted by molar-refractivity contribution is 0.359. The van der Waals surface area contributed by atoms with Crippen molar-refractivity contribution in [3.05, 3.63) is 30.0 Å². The van der Waals surface area contributed by atoms with Gasteiger partial charge in [0, 0.05) is 0 Å². The Morgan fingerprint density at radius 2 is 1.81 bits per heavy atom. The molecule has 0 aliphatic rings. The highest BCUT2D eigenvalue weighted by molar-refractivity contribution is 7.92. The monoisotopic (exact) mass is 379 g/mol. The van der Waals surface area contributed by atoms with Gasteiger partial charge in [0.1, 0.15) is 10.6 Å². The standard InChI is InChI=1S/C15H17N5O5S/c1-9-5-6-10(23-2)12(7-9)26(21,22)19-14-17-13-11(24-3)8-16-15(25-4)20(13)18-14/h5-8H,1-4H3,(H,18,19). The average Bonchev–Trinajstić information content (AvgIpc) is 3.03. The van der Waals surface area contributed by atoms with Gasteiger partial charge in [-0.25, -0.2) is 13.1 Å². The van der Waals surface area contributed by atoms with Crippen LogP contribution in [0.1, 0.15) is 5.56 Å². The fourth-order valence-electron chi connectivity index (χ4n) is 2.33. The minimum absolute atomic E-state index is 0.0177. The molecule has 26 heavy (non-hydrogen) atoms. The first kappa shape index (κ1) is 17.7. The SMILES string of the molecule is COc1ccc(C)cc1S(=O)(=O)Nc1nc2c(OC)cnc(OC)n2n1. The third kappa shape index (κ3) is 3.08. The van der Waals surface area contributed by atoms with Crippen LogP contribution < -0.4 is 18.9 Å². The second kappa shape index (κ2) is 6.67. The van der Waals surface area contributed by atoms with Gasteiger partial charge in [0.2, 0.25) is 5.65 Å². The largest absolute Gasteiger partial charge is 0.495 e. The summed E-state index contributed by atoms with van der Waals surface area (Å²) in [5.41, 5.74) is 1.02. The van der Waals surface area contributed by atoms with E-state index in [1.54, 1.807) is 19.1 Å². The summed E-state index contributed by atoms with van der Waals surface area (Å²) in [7, 11) is 0.274. The molecule has 0 fully saturated rings. The van der Waals surface area contributed by atoms with E-state index >= 15 is 0 Å². The number of rotatable bonds is 6. The van der Waals surface area contributed by atoms with Crippen LogP contribution in [0.2, 0.25) is 0 Å². The minimum atomic E-state index is -3.98. The van der Waals surface area contributed by atoms with Gasteiger partial charge in [-0.2, -0.15) is 14.5 Å². The van der Waals surface area contributed by atoms with Crippen molar-refractivity contribution in [3.63, 3.8) is 0 Å². The van der Waals surface area contributed by atoms with E-state index < -0.39 is 10.0 Å². The summed E-state index contributed by atoms with van der Waals surface area (Å²) in [4.78, 5) is 8.16. The number of sulfonamides is 1. The highest BCUT2D eigenvalue weighted by Crippen LogP contribution is 2.27. The van der Waals surface area contributed by atoms with Crippen LogP contribution in [0.5, 0.6) is 17.5 Å². The quantitative estimate of drug-likeness (QED) is 0.680. The lowest BCUT2D eigenvalue weighted by Crippen LogP contribution is -2.15. The number of nitrogens with one attached hydrogen (secondary N) is 1. The van der Waals surface area contributed by atoms with Gasteiger partial charge in [0.15, 0.2) is 5.75 Å². The number of hydrogen-bond acceptors (Lipinski definition) is 8. The molecule has 2 heterocycles. The van der Waals surface area contributed by atoms with E-state index in [2.05, 4.69) is 19.8 Å². The van der Waals surface area contributed by atoms with Crippen molar-refractivity contribution in [2.75, 3.05) is 26.1 Å². The third-order valence-corrected chi connectivity index (χ3v) is 4.89. The zero-order valence-electron chi connectivity index (χ0n) is 14.5. The van der Waals surface area contributed by atoms with E-state index in [-0.39, 0.29) is 28.3 Å². The Morgan fingerprint density at radius 3 is 2.46 bits per heavy atom. The van der Waals surface area contributed by atoms with Crippen molar-refractivity contribution in [1.82, 2.24) is 19.6 Å². The molecule has 0 amide bonds. The molecule has 2 aromatic heterocycles. The maximum absolute atomic E-state index is 12.8. The van der Waals surface area contributed by atoms with Crippen LogP contribution in [0.4, 0.5) is 5.95 Å². The second-order valence-electron chi connectivity index (χ2n) is 5.24. The summed E-state index contributed by atoms with van der Waals surface area (Å²) in [5.74, 6) is 0.374. The molecule has 11 heteroatoms. The van der Waals surface area contributed by atoms with E-state index in [1.807, 2.05) is 0 Å². The zero-order valence-corrected chi connectivity index (χ0v) is 15.4. The summed E-state index contributed by atoms with van der Waals surface area (Å²) in [6.45, 7) is 1.78. The molecule has 0 atom stereocenters. The molecule has 1 aromatic carbocycles. The molecule has 0 spiro atoms. The molecule has 0 aliphatic heterocycles. The van der Waals surface area contributed by atoms with Crippen molar-refractivity contribution in [1.29, 1.82) is 0 Å². The highest BCUT2D eigenvalue weighted by atomic mass is 32.2. The normalized spacial score (nSPS) is 11.4. The number of hydrogen-bond donors (Lipinski definition) is 1. The lowest BCUT2D eigenvalue weighted by Gasteiger charge is -2.10. The van der Waals surface area contributed by atoms with Gasteiger partial charge in [-0.15, -0.1) is 5.10 Å². The van der Waals surface area contributed by atoms with Gasteiger partial charge in [-0.1, -0.05) is 6.07 Å². The van der Waals surface area contributed by atoms with Gasteiger partial charge in [-0.05, 0) is 24.6 Å². The Morgan fingerprint density at radius 1 is 1.08 bits per heavy atom. The summed E-state index contributed by atoms with van der Waals surface area (Å²) in [6.07, 6.45) is 1.41. The van der Waals surface area contributed by atoms with Crippen molar-refractivity contribution in [3.8, 4) is 17.5 Å². The molecule has 0 bridgehead atoms. The summed E-state index contributed by atoms with van der Waals surface area (Å²) in [5, 5.41) is 4.09. The van der Waals surface area contributed by atoms with Gasteiger partial charge < -0.3 is 14.2 Å². The molecular weight excluding hydrogens is 362 g/mol. The topological polar surface area (TPSA) is 117 Å². The fraction of sp³-hybridized carbons (Fsp3) is 0.267. The van der Waals surface area contributed by atoms with E-state index in [4.69, 9.17) is 14.2 Å². The van der Waals surface area contributed by atoms with Crippen molar-refractivity contribution >= 4 is 21.6 Å². The predicted octanol–water partition coefficient (Wildman–Crippen LogP) is 1.26. The minimum Gasteiger partial charge on any atom is -0.495 e. The highest BCUT2D eigenvalue weighted by Gasteiger charge is 2.23. The predicted molar refractivity (Wildman–Crippen MR) is 92.4 cm³/mol. The Kier molecular flexibility index (Phi) is 4.55. The van der Waals surface area contributed by atoms with Crippen LogP contribution in [-0.2, 0) is 10.0 Å². The molecule has 0 unspecified atom stereocenters. The second-order valence-corrected chi connectivity index (χ2v) is 6.89. The average molecular weight is 379 g/mol. The van der Waals surface area contributed by atoms with Crippen LogP contribution in [0.25, 0.3) is 5.65 Å². The molecular formula is C15H17N5O5S. The van der Waals surface area contributed by atoms with E-state index in [0.29, 0.717) is 5.75 Å². The van der Waals surface area contributed by atoms with E-state index in [1.165, 1.54) is 38.1 Å². The Labute approximate surface area is 149 Å². The van der Waals surface area contributed by atoms with Crippen molar-refractivity contribution in [2.45, 2.75) is 11.8 Å². The Hall–Kier alpha value is -3.08. The first-order chi connectivity index (χ1) is 12.4. The number of aromatic nitrogens is 4. The maximum atomic E-state index is 12.8. The van der Waals surface area contributed by atoms with Crippen LogP contribution >= 0.6 is 0 Å².